The van der Waals surface area contributed by atoms with Crippen LogP contribution in [0.1, 0.15) is 6.92 Å². The van der Waals surface area contributed by atoms with Crippen LogP contribution in [-0.2, 0) is 0 Å². The van der Waals surface area contributed by atoms with Crippen LogP contribution < -0.4 is 0 Å². The normalized spacial score (nSPS) is 20.0. The molecule has 0 aliphatic rings. The summed E-state index contributed by atoms with van der Waals surface area (Å²) in [7, 11) is 0. The van der Waals surface area contributed by atoms with Gasteiger partial charge in [0.05, 0.1) is 4.83 Å². The topological polar surface area (TPSA) is 0 Å². The molecule has 3 heteroatoms. The SMILES string of the molecule is CC(Br)C(F)Cl. The van der Waals surface area contributed by atoms with Crippen molar-refractivity contribution in [2.45, 2.75) is 17.4 Å². The standard InChI is InChI=1S/C3H5BrClF/c1-2(4)3(5)6/h2-3H,1H3. The summed E-state index contributed by atoms with van der Waals surface area (Å²) in [5, 5.41) is 0. The molecular formula is C3H5BrClF. The monoisotopic (exact) mass is 174 g/mol. The number of alkyl halides is 3. The van der Waals surface area contributed by atoms with Crippen molar-refractivity contribution in [1.82, 2.24) is 0 Å². The Kier molecular flexibility index (Phi) is 3.13. The molecule has 0 spiro atoms. The number of hydrogen-bond donors (Lipinski definition) is 0. The van der Waals surface area contributed by atoms with Crippen molar-refractivity contribution in [2.24, 2.45) is 0 Å². The first kappa shape index (κ1) is 6.70. The second-order valence-corrected chi connectivity index (χ2v) is 2.87. The van der Waals surface area contributed by atoms with Crippen LogP contribution in [0, 0.1) is 0 Å². The number of hydrogen-bond acceptors (Lipinski definition) is 0. The summed E-state index contributed by atoms with van der Waals surface area (Å²) in [6.45, 7) is 1.65. The Labute approximate surface area is 49.8 Å². The lowest BCUT2D eigenvalue weighted by Gasteiger charge is -1.96. The van der Waals surface area contributed by atoms with E-state index in [4.69, 9.17) is 11.6 Å². The summed E-state index contributed by atoms with van der Waals surface area (Å²) in [4.78, 5) is -0.237. The van der Waals surface area contributed by atoms with Gasteiger partial charge in [-0.05, 0) is 6.92 Å². The molecule has 0 heterocycles. The van der Waals surface area contributed by atoms with Gasteiger partial charge >= 0.3 is 0 Å². The zero-order valence-electron chi connectivity index (χ0n) is 3.29. The van der Waals surface area contributed by atoms with Crippen molar-refractivity contribution in [3.05, 3.63) is 0 Å². The molecule has 0 bridgehead atoms. The fourth-order valence-corrected chi connectivity index (χ4v) is 0. The molecule has 0 saturated carbocycles. The molecule has 0 N–H and O–H groups in total. The molecular weight excluding hydrogens is 170 g/mol. The van der Waals surface area contributed by atoms with Crippen LogP contribution in [0.5, 0.6) is 0 Å². The van der Waals surface area contributed by atoms with Gasteiger partial charge in [0, 0.05) is 0 Å². The molecule has 0 radical (unpaired) electrons. The first-order valence-electron chi connectivity index (χ1n) is 1.57. The highest BCUT2D eigenvalue weighted by molar-refractivity contribution is 9.09. The zero-order valence-corrected chi connectivity index (χ0v) is 5.63. The van der Waals surface area contributed by atoms with Gasteiger partial charge in [0.1, 0.15) is 0 Å². The largest absolute Gasteiger partial charge is 0.229 e. The molecule has 2 atom stereocenters. The van der Waals surface area contributed by atoms with E-state index in [9.17, 15) is 4.39 Å². The molecule has 0 aromatic heterocycles. The third kappa shape index (κ3) is 2.91. The molecule has 2 unspecified atom stereocenters. The van der Waals surface area contributed by atoms with Crippen LogP contribution in [-0.4, -0.2) is 10.5 Å². The minimum Gasteiger partial charge on any atom is -0.229 e. The van der Waals surface area contributed by atoms with Gasteiger partial charge < -0.3 is 0 Å². The van der Waals surface area contributed by atoms with Crippen molar-refractivity contribution in [3.8, 4) is 0 Å². The second-order valence-electron chi connectivity index (χ2n) is 1.01. The molecule has 0 amide bonds. The van der Waals surface area contributed by atoms with Gasteiger partial charge in [-0.3, -0.25) is 0 Å². The Morgan fingerprint density at radius 2 is 2.00 bits per heavy atom. The van der Waals surface area contributed by atoms with Crippen LogP contribution in [0.25, 0.3) is 0 Å². The molecule has 0 aromatic rings. The number of rotatable bonds is 1. The lowest BCUT2D eigenvalue weighted by molar-refractivity contribution is 0.445. The minimum absolute atomic E-state index is 0.237. The van der Waals surface area contributed by atoms with Crippen molar-refractivity contribution < 1.29 is 4.39 Å². The molecule has 0 aromatic carbocycles. The summed E-state index contributed by atoms with van der Waals surface area (Å²) in [6.07, 6.45) is 0. The first-order chi connectivity index (χ1) is 2.64. The maximum atomic E-state index is 11.5. The quantitative estimate of drug-likeness (QED) is 0.537. The lowest BCUT2D eigenvalue weighted by Crippen LogP contribution is -2.00. The zero-order chi connectivity index (χ0) is 5.15. The maximum absolute atomic E-state index is 11.5. The Balaban J connectivity index is 2.99. The maximum Gasteiger partial charge on any atom is 0.185 e. The van der Waals surface area contributed by atoms with E-state index >= 15 is 0 Å². The van der Waals surface area contributed by atoms with Crippen LogP contribution in [0.4, 0.5) is 4.39 Å². The minimum atomic E-state index is -1.26. The van der Waals surface area contributed by atoms with Gasteiger partial charge in [0.25, 0.3) is 0 Å². The highest BCUT2D eigenvalue weighted by Gasteiger charge is 2.05. The van der Waals surface area contributed by atoms with Crippen LogP contribution in [0.15, 0.2) is 0 Å². The summed E-state index contributed by atoms with van der Waals surface area (Å²) in [6, 6.07) is 0. The van der Waals surface area contributed by atoms with Crippen LogP contribution >= 0.6 is 27.5 Å². The average Bonchev–Trinajstić information content (AvgIpc) is 1.36. The van der Waals surface area contributed by atoms with Gasteiger partial charge in [0.2, 0.25) is 0 Å². The number of halogens is 3. The third-order valence-electron chi connectivity index (χ3n) is 0.347. The summed E-state index contributed by atoms with van der Waals surface area (Å²) >= 11 is 7.83. The van der Waals surface area contributed by atoms with Crippen molar-refractivity contribution in [2.75, 3.05) is 0 Å². The molecule has 0 nitrogen and oxygen atoms in total. The Bertz CT molecular complexity index is 31.8. The van der Waals surface area contributed by atoms with E-state index in [2.05, 4.69) is 15.9 Å². The van der Waals surface area contributed by atoms with E-state index in [0.717, 1.165) is 0 Å². The van der Waals surface area contributed by atoms with Crippen LogP contribution in [0.3, 0.4) is 0 Å². The van der Waals surface area contributed by atoms with E-state index < -0.39 is 5.63 Å². The van der Waals surface area contributed by atoms with Gasteiger partial charge in [0.15, 0.2) is 5.63 Å². The summed E-state index contributed by atoms with van der Waals surface area (Å²) in [5.41, 5.74) is -1.26. The van der Waals surface area contributed by atoms with Crippen molar-refractivity contribution in [3.63, 3.8) is 0 Å². The van der Waals surface area contributed by atoms with E-state index in [1.807, 2.05) is 0 Å². The molecule has 0 aliphatic carbocycles. The van der Waals surface area contributed by atoms with Gasteiger partial charge in [-0.25, -0.2) is 4.39 Å². The van der Waals surface area contributed by atoms with Crippen molar-refractivity contribution >= 4 is 27.5 Å². The lowest BCUT2D eigenvalue weighted by atomic mass is 10.5. The fraction of sp³-hybridized carbons (Fsp3) is 1.00. The summed E-state index contributed by atoms with van der Waals surface area (Å²) in [5.74, 6) is 0. The first-order valence-corrected chi connectivity index (χ1v) is 2.92. The molecule has 0 aliphatic heterocycles. The highest BCUT2D eigenvalue weighted by Crippen LogP contribution is 2.10. The Morgan fingerprint density at radius 1 is 1.83 bits per heavy atom. The van der Waals surface area contributed by atoms with E-state index in [0.29, 0.717) is 0 Å². The predicted octanol–water partition coefficient (Wildman–Crippen LogP) is 2.30. The Hall–Kier alpha value is 0.700. The van der Waals surface area contributed by atoms with Gasteiger partial charge in [-0.1, -0.05) is 27.5 Å². The summed E-state index contributed by atoms with van der Waals surface area (Å²) < 4.78 is 11.5. The third-order valence-corrected chi connectivity index (χ3v) is 1.49. The van der Waals surface area contributed by atoms with E-state index in [-0.39, 0.29) is 4.83 Å². The van der Waals surface area contributed by atoms with E-state index in [1.54, 1.807) is 6.92 Å². The molecule has 0 rings (SSSR count). The Morgan fingerprint density at radius 3 is 2.00 bits per heavy atom. The molecule has 0 saturated heterocycles. The smallest absolute Gasteiger partial charge is 0.185 e. The van der Waals surface area contributed by atoms with Crippen molar-refractivity contribution in [1.29, 1.82) is 0 Å². The predicted molar refractivity (Wildman–Crippen MR) is 29.1 cm³/mol. The average molecular weight is 175 g/mol. The molecule has 38 valence electrons. The molecule has 0 fully saturated rings. The van der Waals surface area contributed by atoms with E-state index in [1.165, 1.54) is 0 Å². The second kappa shape index (κ2) is 2.80. The van der Waals surface area contributed by atoms with Gasteiger partial charge in [-0.2, -0.15) is 0 Å². The van der Waals surface area contributed by atoms with Crippen LogP contribution in [0.2, 0.25) is 0 Å². The fourth-order valence-electron chi connectivity index (χ4n) is 0. The highest BCUT2D eigenvalue weighted by atomic mass is 79.9. The van der Waals surface area contributed by atoms with Gasteiger partial charge in [-0.15, -0.1) is 0 Å². The molecule has 6 heavy (non-hydrogen) atoms.